The molecule has 0 saturated heterocycles. The quantitative estimate of drug-likeness (QED) is 0.404. The zero-order valence-electron chi connectivity index (χ0n) is 21.7. The maximum Gasteiger partial charge on any atom is 0.313 e. The Hall–Kier alpha value is -2.62. The molecule has 2 aromatic rings. The third kappa shape index (κ3) is 2.25. The van der Waals surface area contributed by atoms with Crippen molar-refractivity contribution in [3.05, 3.63) is 70.8 Å². The van der Waals surface area contributed by atoms with E-state index in [-0.39, 0.29) is 59.7 Å². The van der Waals surface area contributed by atoms with Crippen molar-refractivity contribution in [2.45, 2.75) is 89.3 Å². The average Bonchev–Trinajstić information content (AvgIpc) is 2.80. The smallest absolute Gasteiger partial charge is 0.313 e. The zero-order chi connectivity index (χ0) is 25.0. The highest BCUT2D eigenvalue weighted by atomic mass is 16.6. The summed E-state index contributed by atoms with van der Waals surface area (Å²) < 4.78 is 12.4. The van der Waals surface area contributed by atoms with Crippen LogP contribution in [0.2, 0.25) is 0 Å². The van der Waals surface area contributed by atoms with Gasteiger partial charge in [0, 0.05) is 23.7 Å². The molecular formula is C32H36O4. The van der Waals surface area contributed by atoms with Crippen molar-refractivity contribution < 1.29 is 19.1 Å². The van der Waals surface area contributed by atoms with E-state index >= 15 is 0 Å². The molecule has 0 spiro atoms. The SMILES string of the molecule is CCC[C@H](C)OC(=O)C12C3c4ccccc4C4C5c6ccccc6C3C1C5(C(=O)O[C@@H](C)CCC)C42. The van der Waals surface area contributed by atoms with Gasteiger partial charge in [-0.2, -0.15) is 0 Å². The standard InChI is InChI=1S/C32H36O4/c1-5-11-17(3)35-29(33)31-25-21-15-9-7-13-19(21)24-26-22-16-10-8-14-20(22)23(25)27(31)32(26,28(24)31)30(34)36-18(4)12-6-2/h7-10,13-18,23-28H,5-6,11-12H2,1-4H3/t17-,18-,23?,24?,25?,26?,27?,28?,31?,32?/m0/s1. The van der Waals surface area contributed by atoms with Crippen LogP contribution in [0.15, 0.2) is 48.5 Å². The van der Waals surface area contributed by atoms with Crippen LogP contribution in [0.4, 0.5) is 0 Å². The molecule has 4 heteroatoms. The number of carbonyl (C=O) groups is 2. The number of hydrogen-bond acceptors (Lipinski definition) is 4. The Balaban J connectivity index is 1.41. The molecule has 6 atom stereocenters. The Labute approximate surface area is 213 Å². The summed E-state index contributed by atoms with van der Waals surface area (Å²) >= 11 is 0. The summed E-state index contributed by atoms with van der Waals surface area (Å²) in [5.74, 6) is 0.233. The second-order valence-electron chi connectivity index (χ2n) is 12.1. The fraction of sp³-hybridized carbons (Fsp3) is 0.562. The van der Waals surface area contributed by atoms with E-state index < -0.39 is 10.8 Å². The zero-order valence-corrected chi connectivity index (χ0v) is 21.7. The normalized spacial score (nSPS) is 38.7. The number of fused-ring (bicyclic) bond motifs is 8. The molecule has 3 fully saturated rings. The Morgan fingerprint density at radius 2 is 1.06 bits per heavy atom. The van der Waals surface area contributed by atoms with Gasteiger partial charge in [-0.15, -0.1) is 0 Å². The van der Waals surface area contributed by atoms with Crippen molar-refractivity contribution in [1.29, 1.82) is 0 Å². The Morgan fingerprint density at radius 1 is 0.694 bits per heavy atom. The lowest BCUT2D eigenvalue weighted by Crippen LogP contribution is -2.91. The molecule has 2 aromatic carbocycles. The summed E-state index contributed by atoms with van der Waals surface area (Å²) in [5, 5.41) is 0. The molecule has 0 amide bonds. The van der Waals surface area contributed by atoms with Crippen molar-refractivity contribution in [1.82, 2.24) is 0 Å². The highest BCUT2D eigenvalue weighted by molar-refractivity contribution is 5.97. The Bertz CT molecular complexity index is 1160. The van der Waals surface area contributed by atoms with Crippen LogP contribution < -0.4 is 0 Å². The van der Waals surface area contributed by atoms with Gasteiger partial charge in [-0.25, -0.2) is 0 Å². The fourth-order valence-corrected chi connectivity index (χ4v) is 9.86. The van der Waals surface area contributed by atoms with Crippen molar-refractivity contribution in [3.63, 3.8) is 0 Å². The monoisotopic (exact) mass is 484 g/mol. The molecule has 0 aliphatic heterocycles. The van der Waals surface area contributed by atoms with Crippen LogP contribution in [0.3, 0.4) is 0 Å². The predicted molar refractivity (Wildman–Crippen MR) is 137 cm³/mol. The number of benzene rings is 2. The first kappa shape index (κ1) is 22.6. The van der Waals surface area contributed by atoms with Crippen LogP contribution in [-0.2, 0) is 19.1 Å². The molecule has 0 radical (unpaired) electrons. The van der Waals surface area contributed by atoms with Crippen LogP contribution in [0.5, 0.6) is 0 Å². The lowest BCUT2D eigenvalue weighted by Gasteiger charge is -2.90. The number of carbonyl (C=O) groups excluding carboxylic acids is 2. The van der Waals surface area contributed by atoms with E-state index in [9.17, 15) is 9.59 Å². The number of ether oxygens (including phenoxy) is 2. The summed E-state index contributed by atoms with van der Waals surface area (Å²) in [6, 6.07) is 17.4. The van der Waals surface area contributed by atoms with Crippen LogP contribution in [-0.4, -0.2) is 24.1 Å². The molecular weight excluding hydrogens is 448 g/mol. The van der Waals surface area contributed by atoms with Gasteiger partial charge in [-0.05, 0) is 60.8 Å². The second kappa shape index (κ2) is 7.46. The van der Waals surface area contributed by atoms with Crippen LogP contribution in [0.25, 0.3) is 0 Å². The third-order valence-electron chi connectivity index (χ3n) is 10.6. The van der Waals surface area contributed by atoms with Crippen LogP contribution in [0, 0.1) is 22.7 Å². The number of rotatable bonds is 8. The first-order chi connectivity index (χ1) is 17.4. The van der Waals surface area contributed by atoms with Crippen molar-refractivity contribution in [2.24, 2.45) is 22.7 Å². The topological polar surface area (TPSA) is 52.6 Å². The molecule has 0 N–H and O–H groups in total. The third-order valence-corrected chi connectivity index (χ3v) is 10.6. The molecule has 4 unspecified atom stereocenters. The summed E-state index contributed by atoms with van der Waals surface area (Å²) in [6.07, 6.45) is 3.46. The van der Waals surface area contributed by atoms with E-state index in [1.807, 2.05) is 13.8 Å². The van der Waals surface area contributed by atoms with Gasteiger partial charge in [0.25, 0.3) is 0 Å². The largest absolute Gasteiger partial charge is 0.462 e. The van der Waals surface area contributed by atoms with Gasteiger partial charge < -0.3 is 9.47 Å². The lowest BCUT2D eigenvalue weighted by atomic mass is 9.09. The maximum absolute atomic E-state index is 14.2. The average molecular weight is 485 g/mol. The minimum atomic E-state index is -0.608. The highest BCUT2D eigenvalue weighted by Crippen LogP contribution is 2.98. The molecule has 4 nitrogen and oxygen atoms in total. The van der Waals surface area contributed by atoms with Crippen molar-refractivity contribution >= 4 is 11.9 Å². The second-order valence-corrected chi connectivity index (χ2v) is 12.1. The lowest BCUT2D eigenvalue weighted by molar-refractivity contribution is -0.363. The molecule has 36 heavy (non-hydrogen) atoms. The van der Waals surface area contributed by atoms with Gasteiger partial charge in [-0.1, -0.05) is 75.2 Å². The van der Waals surface area contributed by atoms with Gasteiger partial charge in [0.1, 0.15) is 0 Å². The van der Waals surface area contributed by atoms with Gasteiger partial charge in [0.2, 0.25) is 0 Å². The van der Waals surface area contributed by atoms with Gasteiger partial charge >= 0.3 is 11.9 Å². The molecule has 5 aliphatic carbocycles. The summed E-state index contributed by atoms with van der Waals surface area (Å²) in [5.41, 5.74) is 4.07. The van der Waals surface area contributed by atoms with Gasteiger partial charge in [-0.3, -0.25) is 9.59 Å². The Morgan fingerprint density at radius 3 is 1.42 bits per heavy atom. The van der Waals surface area contributed by atoms with Crippen LogP contribution in [0.1, 0.15) is 99.3 Å². The summed E-state index contributed by atoms with van der Waals surface area (Å²) in [6.45, 7) is 8.26. The first-order valence-electron chi connectivity index (χ1n) is 14.0. The molecule has 5 aliphatic rings. The molecule has 0 heterocycles. The summed E-state index contributed by atoms with van der Waals surface area (Å²) in [4.78, 5) is 28.4. The van der Waals surface area contributed by atoms with Crippen molar-refractivity contribution in [3.8, 4) is 0 Å². The molecule has 3 saturated carbocycles. The molecule has 7 rings (SSSR count). The van der Waals surface area contributed by atoms with E-state index in [0.717, 1.165) is 25.7 Å². The fourth-order valence-electron chi connectivity index (χ4n) is 9.86. The molecule has 0 bridgehead atoms. The van der Waals surface area contributed by atoms with E-state index in [1.54, 1.807) is 0 Å². The van der Waals surface area contributed by atoms with Crippen molar-refractivity contribution in [2.75, 3.05) is 0 Å². The molecule has 188 valence electrons. The van der Waals surface area contributed by atoms with E-state index in [4.69, 9.17) is 9.47 Å². The number of hydrogen-bond donors (Lipinski definition) is 0. The van der Waals surface area contributed by atoms with E-state index in [2.05, 4.69) is 62.4 Å². The predicted octanol–water partition coefficient (Wildman–Crippen LogP) is 6.46. The maximum atomic E-state index is 14.2. The minimum absolute atomic E-state index is 0.0350. The number of esters is 2. The molecule has 0 aromatic heterocycles. The van der Waals surface area contributed by atoms with Gasteiger partial charge in [0.15, 0.2) is 0 Å². The van der Waals surface area contributed by atoms with Crippen LogP contribution >= 0.6 is 0 Å². The van der Waals surface area contributed by atoms with E-state index in [0.29, 0.717) is 0 Å². The minimum Gasteiger partial charge on any atom is -0.462 e. The Kier molecular flexibility index (Phi) is 4.68. The van der Waals surface area contributed by atoms with Gasteiger partial charge in [0.05, 0.1) is 23.0 Å². The van der Waals surface area contributed by atoms with E-state index in [1.165, 1.54) is 22.3 Å². The summed E-state index contributed by atoms with van der Waals surface area (Å²) in [7, 11) is 0. The highest BCUT2D eigenvalue weighted by Gasteiger charge is 2.99. The first-order valence-corrected chi connectivity index (χ1v) is 14.0.